The summed E-state index contributed by atoms with van der Waals surface area (Å²) in [7, 11) is 0. The van der Waals surface area contributed by atoms with E-state index in [1.54, 1.807) is 0 Å². The molecular formula is C28H34N4O3. The zero-order valence-corrected chi connectivity index (χ0v) is 20.6. The first-order valence-electron chi connectivity index (χ1n) is 12.1. The third-order valence-corrected chi connectivity index (χ3v) is 6.24. The van der Waals surface area contributed by atoms with Crippen LogP contribution in [-0.4, -0.2) is 60.9 Å². The number of ether oxygens (including phenoxy) is 2. The number of aryl methyl sites for hydroxylation is 2. The summed E-state index contributed by atoms with van der Waals surface area (Å²) < 4.78 is 11.3. The van der Waals surface area contributed by atoms with E-state index < -0.39 is 0 Å². The first kappa shape index (κ1) is 24.7. The molecule has 1 saturated heterocycles. The lowest BCUT2D eigenvalue weighted by atomic mass is 10.0. The lowest BCUT2D eigenvalue weighted by Crippen LogP contribution is -2.37. The highest BCUT2D eigenvalue weighted by atomic mass is 16.5. The molecule has 0 radical (unpaired) electrons. The normalized spacial score (nSPS) is 14.0. The van der Waals surface area contributed by atoms with E-state index in [9.17, 15) is 4.79 Å². The molecule has 1 fully saturated rings. The third kappa shape index (κ3) is 7.04. The van der Waals surface area contributed by atoms with E-state index in [4.69, 9.17) is 9.47 Å². The predicted octanol–water partition coefficient (Wildman–Crippen LogP) is 3.93. The van der Waals surface area contributed by atoms with Gasteiger partial charge in [0.2, 0.25) is 0 Å². The van der Waals surface area contributed by atoms with Gasteiger partial charge in [-0.2, -0.15) is 4.98 Å². The van der Waals surface area contributed by atoms with Gasteiger partial charge < -0.3 is 19.8 Å². The van der Waals surface area contributed by atoms with Gasteiger partial charge in [0, 0.05) is 30.9 Å². The Balaban J connectivity index is 1.34. The number of nitrogens with zero attached hydrogens (tertiary/aromatic N) is 2. The van der Waals surface area contributed by atoms with Gasteiger partial charge in [-0.05, 0) is 67.8 Å². The molecule has 1 aromatic heterocycles. The number of hydrogen-bond donors (Lipinski definition) is 2. The number of aromatic nitrogens is 2. The van der Waals surface area contributed by atoms with E-state index in [0.29, 0.717) is 18.1 Å². The van der Waals surface area contributed by atoms with E-state index in [1.807, 2.05) is 36.4 Å². The summed E-state index contributed by atoms with van der Waals surface area (Å²) in [6.07, 6.45) is 1.05. The Morgan fingerprint density at radius 1 is 1.11 bits per heavy atom. The van der Waals surface area contributed by atoms with E-state index in [0.717, 1.165) is 68.3 Å². The molecule has 0 aliphatic carbocycles. The molecule has 0 unspecified atom stereocenters. The minimum atomic E-state index is -0.378. The second-order valence-corrected chi connectivity index (χ2v) is 8.94. The maximum Gasteiger partial charge on any atom is 0.345 e. The number of aromatic amines is 1. The molecule has 0 amide bonds. The Bertz CT molecular complexity index is 1210. The van der Waals surface area contributed by atoms with Gasteiger partial charge in [0.05, 0.1) is 24.6 Å². The largest absolute Gasteiger partial charge is 0.487 e. The van der Waals surface area contributed by atoms with Gasteiger partial charge in [0.15, 0.2) is 0 Å². The molecule has 2 aromatic carbocycles. The van der Waals surface area contributed by atoms with Crippen LogP contribution in [0.3, 0.4) is 0 Å². The van der Waals surface area contributed by atoms with Gasteiger partial charge in [-0.1, -0.05) is 30.8 Å². The van der Waals surface area contributed by atoms with E-state index >= 15 is 0 Å². The quantitative estimate of drug-likeness (QED) is 0.434. The molecule has 184 valence electrons. The zero-order valence-electron chi connectivity index (χ0n) is 20.6. The number of morpholine rings is 1. The fourth-order valence-electron chi connectivity index (χ4n) is 4.03. The average molecular weight is 475 g/mol. The smallest absolute Gasteiger partial charge is 0.345 e. The van der Waals surface area contributed by atoms with E-state index in [1.165, 1.54) is 11.1 Å². The fraction of sp³-hybridized carbons (Fsp3) is 0.357. The van der Waals surface area contributed by atoms with Crippen LogP contribution in [0.1, 0.15) is 17.5 Å². The van der Waals surface area contributed by atoms with Gasteiger partial charge >= 0.3 is 5.69 Å². The Labute approximate surface area is 206 Å². The first-order chi connectivity index (χ1) is 17.0. The van der Waals surface area contributed by atoms with Crippen molar-refractivity contribution in [2.75, 3.05) is 46.0 Å². The van der Waals surface area contributed by atoms with Crippen molar-refractivity contribution in [1.29, 1.82) is 0 Å². The molecule has 1 aliphatic heterocycles. The molecule has 7 heteroatoms. The van der Waals surface area contributed by atoms with Crippen LogP contribution >= 0.6 is 0 Å². The van der Waals surface area contributed by atoms with Crippen LogP contribution in [0.5, 0.6) is 5.75 Å². The summed E-state index contributed by atoms with van der Waals surface area (Å²) in [5, 5.41) is 3.35. The molecule has 0 atom stereocenters. The van der Waals surface area contributed by atoms with Crippen LogP contribution < -0.4 is 15.7 Å². The monoisotopic (exact) mass is 474 g/mol. The molecule has 2 N–H and O–H groups in total. The van der Waals surface area contributed by atoms with Crippen LogP contribution in [0, 0.1) is 13.8 Å². The summed E-state index contributed by atoms with van der Waals surface area (Å²) in [5.41, 5.74) is 5.97. The minimum Gasteiger partial charge on any atom is -0.487 e. The van der Waals surface area contributed by atoms with E-state index in [-0.39, 0.29) is 5.69 Å². The number of nitrogens with one attached hydrogen (secondary N) is 2. The number of benzene rings is 2. The zero-order chi connectivity index (χ0) is 24.6. The van der Waals surface area contributed by atoms with Gasteiger partial charge in [-0.25, -0.2) is 4.79 Å². The summed E-state index contributed by atoms with van der Waals surface area (Å²) in [6.45, 7) is 14.2. The molecule has 1 aliphatic rings. The van der Waals surface area contributed by atoms with Crippen molar-refractivity contribution in [1.82, 2.24) is 20.2 Å². The second-order valence-electron chi connectivity index (χ2n) is 8.94. The standard InChI is InChI=1S/C28H34N4O3/c1-20-8-9-24(16-21(20)2)27-18-26(30-28(33)31-27)23-6-4-7-25(17-23)35-19-22(3)29-10-5-11-32-12-14-34-15-13-32/h4,6-9,16-18,29H,3,5,10-15,19H2,1-2H3,(H,30,31,33). The Morgan fingerprint density at radius 3 is 2.74 bits per heavy atom. The highest BCUT2D eigenvalue weighted by Gasteiger charge is 2.10. The van der Waals surface area contributed by atoms with Crippen molar-refractivity contribution in [3.8, 4) is 28.3 Å². The van der Waals surface area contributed by atoms with Crippen LogP contribution in [0.15, 0.2) is 65.6 Å². The second kappa shape index (κ2) is 11.8. The molecule has 35 heavy (non-hydrogen) atoms. The highest BCUT2D eigenvalue weighted by molar-refractivity contribution is 5.68. The average Bonchev–Trinajstić information content (AvgIpc) is 2.87. The molecule has 0 saturated carbocycles. The van der Waals surface area contributed by atoms with Crippen molar-refractivity contribution < 1.29 is 9.47 Å². The molecule has 2 heterocycles. The van der Waals surface area contributed by atoms with Gasteiger partial charge in [-0.15, -0.1) is 0 Å². The Morgan fingerprint density at radius 2 is 1.94 bits per heavy atom. The lowest BCUT2D eigenvalue weighted by Gasteiger charge is -2.26. The topological polar surface area (TPSA) is 79.5 Å². The number of hydrogen-bond acceptors (Lipinski definition) is 6. The van der Waals surface area contributed by atoms with Crippen LogP contribution in [-0.2, 0) is 4.74 Å². The lowest BCUT2D eigenvalue weighted by molar-refractivity contribution is 0.0375. The Kier molecular flexibility index (Phi) is 8.34. The first-order valence-corrected chi connectivity index (χ1v) is 12.1. The van der Waals surface area contributed by atoms with Crippen molar-refractivity contribution >= 4 is 0 Å². The molecule has 0 spiro atoms. The van der Waals surface area contributed by atoms with Crippen LogP contribution in [0.2, 0.25) is 0 Å². The van der Waals surface area contributed by atoms with Crippen molar-refractivity contribution in [3.05, 3.63) is 82.4 Å². The summed E-state index contributed by atoms with van der Waals surface area (Å²) in [4.78, 5) is 21.8. The minimum absolute atomic E-state index is 0.373. The molecule has 3 aromatic rings. The third-order valence-electron chi connectivity index (χ3n) is 6.24. The summed E-state index contributed by atoms with van der Waals surface area (Å²) in [5.74, 6) is 0.702. The molecule has 7 nitrogen and oxygen atoms in total. The van der Waals surface area contributed by atoms with Crippen LogP contribution in [0.4, 0.5) is 0 Å². The van der Waals surface area contributed by atoms with Crippen LogP contribution in [0.25, 0.3) is 22.5 Å². The van der Waals surface area contributed by atoms with E-state index in [2.05, 4.69) is 52.7 Å². The van der Waals surface area contributed by atoms with Crippen molar-refractivity contribution in [2.24, 2.45) is 0 Å². The maximum atomic E-state index is 12.3. The summed E-state index contributed by atoms with van der Waals surface area (Å²) in [6, 6.07) is 15.7. The Hall–Kier alpha value is -3.42. The molecule has 0 bridgehead atoms. The molecular weight excluding hydrogens is 440 g/mol. The van der Waals surface area contributed by atoms with Crippen molar-refractivity contribution in [3.63, 3.8) is 0 Å². The van der Waals surface area contributed by atoms with Gasteiger partial charge in [-0.3, -0.25) is 4.90 Å². The number of rotatable bonds is 10. The maximum absolute atomic E-state index is 12.3. The van der Waals surface area contributed by atoms with Crippen molar-refractivity contribution in [2.45, 2.75) is 20.3 Å². The predicted molar refractivity (Wildman–Crippen MR) is 140 cm³/mol. The highest BCUT2D eigenvalue weighted by Crippen LogP contribution is 2.26. The summed E-state index contributed by atoms with van der Waals surface area (Å²) >= 11 is 0. The fourth-order valence-corrected chi connectivity index (χ4v) is 4.03. The SMILES string of the molecule is C=C(COc1cccc(-c2cc(-c3ccc(C)c(C)c3)[nH]c(=O)n2)c1)NCCCN1CCOCC1. The van der Waals surface area contributed by atoms with Gasteiger partial charge in [0.25, 0.3) is 0 Å². The number of H-pyrrole nitrogens is 1. The molecule has 4 rings (SSSR count). The van der Waals surface area contributed by atoms with Gasteiger partial charge in [0.1, 0.15) is 12.4 Å².